The van der Waals surface area contributed by atoms with Crippen molar-refractivity contribution in [2.45, 2.75) is 12.5 Å². The molecule has 0 radical (unpaired) electrons. The molecule has 3 amide bonds. The van der Waals surface area contributed by atoms with Crippen LogP contribution in [0.15, 0.2) is 60.7 Å². The summed E-state index contributed by atoms with van der Waals surface area (Å²) in [7, 11) is 0. The molecule has 0 saturated carbocycles. The SMILES string of the molecule is O=C(c1ccc(F)cc1)[C@@H](CCCl)N(C(=O)c1ccc(Cl)c(Cl)c1)N1C(=O)c2cccc([N+](=O)[O-])c2C1=O. The number of benzene rings is 3. The minimum Gasteiger partial charge on any atom is -0.292 e. The van der Waals surface area contributed by atoms with Crippen LogP contribution in [0.2, 0.25) is 10.0 Å². The lowest BCUT2D eigenvalue weighted by Gasteiger charge is -2.36. The van der Waals surface area contributed by atoms with E-state index in [2.05, 4.69) is 0 Å². The van der Waals surface area contributed by atoms with Gasteiger partial charge in [-0.15, -0.1) is 11.6 Å². The molecule has 194 valence electrons. The second-order valence-corrected chi connectivity index (χ2v) is 9.21. The molecular formula is C25H15Cl3FN3O6. The van der Waals surface area contributed by atoms with Crippen molar-refractivity contribution in [1.82, 2.24) is 10.0 Å². The predicted octanol–water partition coefficient (Wildman–Crippen LogP) is 5.57. The summed E-state index contributed by atoms with van der Waals surface area (Å²) in [5.74, 6) is -4.82. The molecule has 38 heavy (non-hydrogen) atoms. The van der Waals surface area contributed by atoms with E-state index < -0.39 is 51.5 Å². The van der Waals surface area contributed by atoms with Gasteiger partial charge in [0.1, 0.15) is 17.4 Å². The Morgan fingerprint density at radius 2 is 1.63 bits per heavy atom. The first-order valence-corrected chi connectivity index (χ1v) is 12.2. The fourth-order valence-electron chi connectivity index (χ4n) is 4.01. The van der Waals surface area contributed by atoms with E-state index in [0.717, 1.165) is 18.2 Å². The second-order valence-electron chi connectivity index (χ2n) is 8.02. The number of carbonyl (C=O) groups is 4. The molecule has 0 bridgehead atoms. The summed E-state index contributed by atoms with van der Waals surface area (Å²) >= 11 is 18.0. The van der Waals surface area contributed by atoms with Crippen LogP contribution >= 0.6 is 34.8 Å². The molecule has 3 aromatic carbocycles. The number of amides is 3. The Bertz CT molecular complexity index is 1500. The zero-order valence-corrected chi connectivity index (χ0v) is 21.3. The van der Waals surface area contributed by atoms with Crippen LogP contribution in [-0.2, 0) is 0 Å². The largest absolute Gasteiger partial charge is 0.292 e. The van der Waals surface area contributed by atoms with Gasteiger partial charge in [-0.3, -0.25) is 29.3 Å². The first kappa shape index (κ1) is 27.2. The Balaban J connectivity index is 1.90. The zero-order chi connectivity index (χ0) is 27.7. The molecule has 0 N–H and O–H groups in total. The van der Waals surface area contributed by atoms with Crippen molar-refractivity contribution in [2.24, 2.45) is 0 Å². The molecule has 0 unspecified atom stereocenters. The molecule has 0 spiro atoms. The van der Waals surface area contributed by atoms with E-state index in [4.69, 9.17) is 34.8 Å². The number of halogens is 4. The van der Waals surface area contributed by atoms with Gasteiger partial charge < -0.3 is 0 Å². The molecule has 0 fully saturated rings. The summed E-state index contributed by atoms with van der Waals surface area (Å²) in [6.45, 7) is 0. The second kappa shape index (κ2) is 10.9. The third-order valence-electron chi connectivity index (χ3n) is 5.77. The maximum Gasteiger partial charge on any atom is 0.287 e. The lowest BCUT2D eigenvalue weighted by Crippen LogP contribution is -2.57. The molecule has 3 aromatic rings. The monoisotopic (exact) mass is 577 g/mol. The van der Waals surface area contributed by atoms with Crippen molar-refractivity contribution in [3.8, 4) is 0 Å². The Morgan fingerprint density at radius 3 is 2.24 bits per heavy atom. The number of rotatable bonds is 8. The van der Waals surface area contributed by atoms with E-state index >= 15 is 0 Å². The van der Waals surface area contributed by atoms with Gasteiger partial charge >= 0.3 is 0 Å². The highest BCUT2D eigenvalue weighted by Gasteiger charge is 2.49. The van der Waals surface area contributed by atoms with Crippen LogP contribution in [-0.4, -0.2) is 50.4 Å². The number of alkyl halides is 1. The van der Waals surface area contributed by atoms with Crippen molar-refractivity contribution in [3.05, 3.63) is 109 Å². The van der Waals surface area contributed by atoms with Crippen molar-refractivity contribution in [2.75, 3.05) is 5.88 Å². The fraction of sp³-hybridized carbons (Fsp3) is 0.120. The predicted molar refractivity (Wildman–Crippen MR) is 136 cm³/mol. The van der Waals surface area contributed by atoms with Crippen LogP contribution in [0.4, 0.5) is 10.1 Å². The molecule has 1 atom stereocenters. The third kappa shape index (κ3) is 4.85. The Morgan fingerprint density at radius 1 is 0.974 bits per heavy atom. The van der Waals surface area contributed by atoms with Gasteiger partial charge in [-0.2, -0.15) is 5.01 Å². The number of hydrogen-bond donors (Lipinski definition) is 0. The summed E-state index contributed by atoms with van der Waals surface area (Å²) in [4.78, 5) is 65.1. The summed E-state index contributed by atoms with van der Waals surface area (Å²) in [6.07, 6.45) is -0.236. The number of carbonyl (C=O) groups excluding carboxylic acids is 4. The van der Waals surface area contributed by atoms with Crippen LogP contribution in [0.25, 0.3) is 0 Å². The van der Waals surface area contributed by atoms with Crippen molar-refractivity contribution < 1.29 is 28.5 Å². The molecule has 0 aliphatic carbocycles. The van der Waals surface area contributed by atoms with Gasteiger partial charge in [0.15, 0.2) is 5.78 Å². The molecule has 1 heterocycles. The van der Waals surface area contributed by atoms with Crippen LogP contribution in [0.3, 0.4) is 0 Å². The normalized spacial score (nSPS) is 13.3. The van der Waals surface area contributed by atoms with Crippen LogP contribution in [0, 0.1) is 15.9 Å². The van der Waals surface area contributed by atoms with Gasteiger partial charge in [-0.05, 0) is 55.0 Å². The van der Waals surface area contributed by atoms with Gasteiger partial charge in [0.25, 0.3) is 23.4 Å². The molecule has 0 aromatic heterocycles. The maximum absolute atomic E-state index is 13.9. The van der Waals surface area contributed by atoms with E-state index in [1.165, 1.54) is 42.5 Å². The van der Waals surface area contributed by atoms with Crippen LogP contribution in [0.5, 0.6) is 0 Å². The topological polar surface area (TPSA) is 118 Å². The Labute approximate surface area is 229 Å². The lowest BCUT2D eigenvalue weighted by molar-refractivity contribution is -0.385. The van der Waals surface area contributed by atoms with Gasteiger partial charge in [0.05, 0.1) is 20.5 Å². The molecule has 1 aliphatic heterocycles. The van der Waals surface area contributed by atoms with E-state index in [-0.39, 0.29) is 39.0 Å². The van der Waals surface area contributed by atoms with E-state index in [0.29, 0.717) is 10.0 Å². The minimum absolute atomic E-state index is 0.0192. The van der Waals surface area contributed by atoms with Crippen LogP contribution in [0.1, 0.15) is 47.9 Å². The van der Waals surface area contributed by atoms with Crippen molar-refractivity contribution in [1.29, 1.82) is 0 Å². The molecule has 4 rings (SSSR count). The third-order valence-corrected chi connectivity index (χ3v) is 6.72. The van der Waals surface area contributed by atoms with Gasteiger partial charge in [0.2, 0.25) is 0 Å². The number of fused-ring (bicyclic) bond motifs is 1. The quantitative estimate of drug-likeness (QED) is 0.113. The number of ketones is 1. The van der Waals surface area contributed by atoms with Crippen LogP contribution < -0.4 is 0 Å². The molecular weight excluding hydrogens is 564 g/mol. The highest BCUT2D eigenvalue weighted by atomic mass is 35.5. The summed E-state index contributed by atoms with van der Waals surface area (Å²) in [5, 5.41) is 12.7. The molecule has 9 nitrogen and oxygen atoms in total. The van der Waals surface area contributed by atoms with Crippen molar-refractivity contribution >= 4 is 64.0 Å². The number of Topliss-reactive ketones (excluding diaryl/α,β-unsaturated/α-hetero) is 1. The van der Waals surface area contributed by atoms with Crippen molar-refractivity contribution in [3.63, 3.8) is 0 Å². The van der Waals surface area contributed by atoms with E-state index in [1.54, 1.807) is 0 Å². The molecule has 1 aliphatic rings. The average molecular weight is 579 g/mol. The molecule has 13 heteroatoms. The number of nitro groups is 1. The number of nitrogens with zero attached hydrogens (tertiary/aromatic N) is 3. The highest BCUT2D eigenvalue weighted by Crippen LogP contribution is 2.34. The van der Waals surface area contributed by atoms with E-state index in [1.807, 2.05) is 0 Å². The lowest BCUT2D eigenvalue weighted by atomic mass is 10.0. The number of imide groups is 1. The summed E-state index contributed by atoms with van der Waals surface area (Å²) in [6, 6.07) is 10.1. The summed E-state index contributed by atoms with van der Waals surface area (Å²) < 4.78 is 13.5. The standard InChI is InChI=1S/C25H15Cl3FN3O6/c26-11-10-20(22(33)13-4-7-15(29)8-5-13)30(23(34)14-6-9-17(27)18(28)12-14)31-24(35)16-2-1-3-19(32(37)38)21(16)25(31)36/h1-9,12,20H,10-11H2/t20-/m1/s1. The minimum atomic E-state index is -1.54. The first-order chi connectivity index (χ1) is 18.1. The zero-order valence-electron chi connectivity index (χ0n) is 19.1. The fourth-order valence-corrected chi connectivity index (χ4v) is 4.52. The van der Waals surface area contributed by atoms with E-state index in [9.17, 15) is 33.7 Å². The number of hydrazine groups is 1. The Kier molecular flexibility index (Phi) is 7.77. The number of nitro benzene ring substituents is 1. The van der Waals surface area contributed by atoms with Gasteiger partial charge in [-0.1, -0.05) is 29.3 Å². The Hall–Kier alpha value is -3.86. The van der Waals surface area contributed by atoms with Gasteiger partial charge in [0, 0.05) is 23.1 Å². The highest BCUT2D eigenvalue weighted by molar-refractivity contribution is 6.42. The maximum atomic E-state index is 13.9. The smallest absolute Gasteiger partial charge is 0.287 e. The summed E-state index contributed by atoms with van der Waals surface area (Å²) in [5.41, 5.74) is -1.68. The first-order valence-electron chi connectivity index (χ1n) is 10.9. The average Bonchev–Trinajstić information content (AvgIpc) is 3.15. The molecule has 0 saturated heterocycles. The van der Waals surface area contributed by atoms with Gasteiger partial charge in [-0.25, -0.2) is 9.40 Å². The number of hydrogen-bond acceptors (Lipinski definition) is 6.